The van der Waals surface area contributed by atoms with Gasteiger partial charge in [0.2, 0.25) is 0 Å². The van der Waals surface area contributed by atoms with Gasteiger partial charge in [-0.15, -0.1) is 0 Å². The minimum Gasteiger partial charge on any atom is -0.541 e. The molecule has 0 unspecified atom stereocenters. The third-order valence-corrected chi connectivity index (χ3v) is 5.62. The van der Waals surface area contributed by atoms with Crippen LogP contribution in [-0.2, 0) is 9.16 Å². The van der Waals surface area contributed by atoms with E-state index >= 15 is 0 Å². The molecule has 2 aromatic carbocycles. The fraction of sp³-hybridized carbons (Fsp3) is 0.176. The molecule has 0 aliphatic heterocycles. The molecule has 0 aliphatic carbocycles. The molecule has 0 atom stereocenters. The lowest BCUT2D eigenvalue weighted by Crippen LogP contribution is -2.44. The SMILES string of the molecule is C=C(CCOC)O[SiH](c1ccccc1)c1ccccc1. The Kier molecular flexibility index (Phi) is 5.59. The van der Waals surface area contributed by atoms with Crippen LogP contribution in [0.25, 0.3) is 0 Å². The van der Waals surface area contributed by atoms with Crippen molar-refractivity contribution in [1.82, 2.24) is 0 Å². The van der Waals surface area contributed by atoms with Gasteiger partial charge in [-0.2, -0.15) is 0 Å². The summed E-state index contributed by atoms with van der Waals surface area (Å²) in [5.41, 5.74) is 0. The highest BCUT2D eigenvalue weighted by Gasteiger charge is 2.19. The molecule has 20 heavy (non-hydrogen) atoms. The smallest absolute Gasteiger partial charge is 0.298 e. The first-order valence-electron chi connectivity index (χ1n) is 6.74. The van der Waals surface area contributed by atoms with Crippen molar-refractivity contribution in [2.24, 2.45) is 0 Å². The third kappa shape index (κ3) is 4.08. The van der Waals surface area contributed by atoms with Crippen LogP contribution in [0.4, 0.5) is 0 Å². The second kappa shape index (κ2) is 7.67. The van der Waals surface area contributed by atoms with Crippen molar-refractivity contribution < 1.29 is 9.16 Å². The second-order valence-corrected chi connectivity index (χ2v) is 6.93. The van der Waals surface area contributed by atoms with Gasteiger partial charge in [-0.3, -0.25) is 0 Å². The van der Waals surface area contributed by atoms with Gasteiger partial charge in [0.25, 0.3) is 9.04 Å². The Bertz CT molecular complexity index is 486. The van der Waals surface area contributed by atoms with E-state index < -0.39 is 9.04 Å². The molecular weight excluding hydrogens is 264 g/mol. The minimum absolute atomic E-state index is 0.642. The quantitative estimate of drug-likeness (QED) is 0.572. The number of methoxy groups -OCH3 is 1. The van der Waals surface area contributed by atoms with E-state index in [9.17, 15) is 0 Å². The maximum Gasteiger partial charge on any atom is 0.298 e. The summed E-state index contributed by atoms with van der Waals surface area (Å²) >= 11 is 0. The topological polar surface area (TPSA) is 18.5 Å². The van der Waals surface area contributed by atoms with Crippen LogP contribution >= 0.6 is 0 Å². The number of hydrogen-bond donors (Lipinski definition) is 0. The summed E-state index contributed by atoms with van der Waals surface area (Å²) < 4.78 is 11.3. The van der Waals surface area contributed by atoms with Crippen molar-refractivity contribution >= 4 is 19.4 Å². The average molecular weight is 284 g/mol. The average Bonchev–Trinajstić information content (AvgIpc) is 2.52. The first-order chi connectivity index (χ1) is 9.81. The van der Waals surface area contributed by atoms with E-state index in [4.69, 9.17) is 9.16 Å². The van der Waals surface area contributed by atoms with Gasteiger partial charge < -0.3 is 9.16 Å². The molecule has 0 spiro atoms. The lowest BCUT2D eigenvalue weighted by molar-refractivity contribution is 0.192. The maximum atomic E-state index is 6.19. The molecule has 0 saturated heterocycles. The van der Waals surface area contributed by atoms with Crippen molar-refractivity contribution in [2.75, 3.05) is 13.7 Å². The molecule has 0 bridgehead atoms. The summed E-state index contributed by atoms with van der Waals surface area (Å²) in [5.74, 6) is 0.802. The number of hydrogen-bond acceptors (Lipinski definition) is 2. The zero-order chi connectivity index (χ0) is 14.2. The van der Waals surface area contributed by atoms with Gasteiger partial charge in [-0.1, -0.05) is 67.2 Å². The Morgan fingerprint density at radius 2 is 1.45 bits per heavy atom. The van der Waals surface area contributed by atoms with Crippen molar-refractivity contribution in [2.45, 2.75) is 6.42 Å². The van der Waals surface area contributed by atoms with Gasteiger partial charge >= 0.3 is 0 Å². The first-order valence-corrected chi connectivity index (χ1v) is 8.37. The number of ether oxygens (including phenoxy) is 1. The predicted octanol–water partition coefficient (Wildman–Crippen LogP) is 2.09. The highest BCUT2D eigenvalue weighted by Crippen LogP contribution is 2.04. The molecular formula is C17H20O2Si. The molecule has 0 aromatic heterocycles. The van der Waals surface area contributed by atoms with Gasteiger partial charge in [-0.25, -0.2) is 0 Å². The standard InChI is InChI=1S/C17H20O2Si/c1-15(13-14-18-2)19-20(16-9-5-3-6-10-16)17-11-7-4-8-12-17/h3-12,20H,1,13-14H2,2H3. The van der Waals surface area contributed by atoms with Crippen LogP contribution < -0.4 is 10.4 Å². The van der Waals surface area contributed by atoms with Gasteiger partial charge in [0, 0.05) is 13.5 Å². The molecule has 3 heteroatoms. The van der Waals surface area contributed by atoms with Crippen LogP contribution in [0.5, 0.6) is 0 Å². The second-order valence-electron chi connectivity index (χ2n) is 4.60. The maximum absolute atomic E-state index is 6.19. The molecule has 0 fully saturated rings. The molecule has 0 heterocycles. The Morgan fingerprint density at radius 1 is 0.950 bits per heavy atom. The van der Waals surface area contributed by atoms with Gasteiger partial charge in [0.1, 0.15) is 0 Å². The monoisotopic (exact) mass is 284 g/mol. The summed E-state index contributed by atoms with van der Waals surface area (Å²) in [6.45, 7) is 4.66. The van der Waals surface area contributed by atoms with E-state index in [1.165, 1.54) is 10.4 Å². The number of benzene rings is 2. The fourth-order valence-electron chi connectivity index (χ4n) is 2.03. The van der Waals surface area contributed by atoms with E-state index in [1.54, 1.807) is 7.11 Å². The highest BCUT2D eigenvalue weighted by atomic mass is 28.3. The minimum atomic E-state index is -1.71. The largest absolute Gasteiger partial charge is 0.541 e. The van der Waals surface area contributed by atoms with Crippen molar-refractivity contribution in [3.63, 3.8) is 0 Å². The van der Waals surface area contributed by atoms with Crippen molar-refractivity contribution in [3.8, 4) is 0 Å². The molecule has 0 radical (unpaired) electrons. The Balaban J connectivity index is 2.19. The van der Waals surface area contributed by atoms with E-state index in [0.29, 0.717) is 6.61 Å². The number of rotatable bonds is 7. The molecule has 0 N–H and O–H groups in total. The van der Waals surface area contributed by atoms with Crippen LogP contribution in [-0.4, -0.2) is 22.8 Å². The van der Waals surface area contributed by atoms with Crippen LogP contribution in [0.1, 0.15) is 6.42 Å². The predicted molar refractivity (Wildman–Crippen MR) is 86.0 cm³/mol. The molecule has 0 amide bonds. The summed E-state index contributed by atoms with van der Waals surface area (Å²) in [6, 6.07) is 20.8. The van der Waals surface area contributed by atoms with Crippen LogP contribution in [0.3, 0.4) is 0 Å². The van der Waals surface area contributed by atoms with Gasteiger partial charge in [0.15, 0.2) is 0 Å². The van der Waals surface area contributed by atoms with Crippen LogP contribution in [0.15, 0.2) is 73.0 Å². The zero-order valence-corrected chi connectivity index (χ0v) is 12.9. The molecule has 2 rings (SSSR count). The molecule has 104 valence electrons. The van der Waals surface area contributed by atoms with Crippen LogP contribution in [0.2, 0.25) is 0 Å². The molecule has 2 aromatic rings. The van der Waals surface area contributed by atoms with Gasteiger partial charge in [-0.05, 0) is 10.4 Å². The van der Waals surface area contributed by atoms with E-state index in [1.807, 2.05) is 12.1 Å². The summed E-state index contributed by atoms with van der Waals surface area (Å²) in [4.78, 5) is 0. The Labute approximate surface area is 122 Å². The summed E-state index contributed by atoms with van der Waals surface area (Å²) in [7, 11) is -0.0150. The fourth-order valence-corrected chi connectivity index (χ4v) is 4.28. The third-order valence-electron chi connectivity index (χ3n) is 3.07. The molecule has 2 nitrogen and oxygen atoms in total. The summed E-state index contributed by atoms with van der Waals surface area (Å²) in [6.07, 6.45) is 0.736. The Hall–Kier alpha value is -1.84. The summed E-state index contributed by atoms with van der Waals surface area (Å²) in [5, 5.41) is 2.52. The molecule has 0 saturated carbocycles. The zero-order valence-electron chi connectivity index (χ0n) is 11.8. The van der Waals surface area contributed by atoms with Crippen molar-refractivity contribution in [1.29, 1.82) is 0 Å². The normalized spacial score (nSPS) is 10.5. The first kappa shape index (κ1) is 14.6. The van der Waals surface area contributed by atoms with E-state index in [0.717, 1.165) is 12.2 Å². The van der Waals surface area contributed by atoms with Crippen LogP contribution in [0, 0.1) is 0 Å². The lowest BCUT2D eigenvalue weighted by Gasteiger charge is -2.20. The van der Waals surface area contributed by atoms with E-state index in [2.05, 4.69) is 55.1 Å². The Morgan fingerprint density at radius 3 is 1.90 bits per heavy atom. The molecule has 0 aliphatic rings. The highest BCUT2D eigenvalue weighted by molar-refractivity contribution is 6.80. The lowest BCUT2D eigenvalue weighted by atomic mass is 10.4. The van der Waals surface area contributed by atoms with Crippen molar-refractivity contribution in [3.05, 3.63) is 73.0 Å². The van der Waals surface area contributed by atoms with E-state index in [-0.39, 0.29) is 0 Å². The van der Waals surface area contributed by atoms with Gasteiger partial charge in [0.05, 0.1) is 12.4 Å².